The monoisotopic (exact) mass is 544 g/mol. The van der Waals surface area contributed by atoms with Crippen LogP contribution in [0.1, 0.15) is 31.1 Å². The summed E-state index contributed by atoms with van der Waals surface area (Å²) in [5.74, 6) is -3.15. The number of hydrogen-bond donors (Lipinski definition) is 2. The molecule has 0 aromatic heterocycles. The van der Waals surface area contributed by atoms with Crippen molar-refractivity contribution in [2.24, 2.45) is 10.9 Å². The number of nitrogens with zero attached hydrogens (tertiary/aromatic N) is 2. The summed E-state index contributed by atoms with van der Waals surface area (Å²) in [6.45, 7) is 6.93. The van der Waals surface area contributed by atoms with Crippen LogP contribution in [0.5, 0.6) is 0 Å². The number of nitrogens with one attached hydrogen (secondary N) is 2. The van der Waals surface area contributed by atoms with Gasteiger partial charge in [0.1, 0.15) is 11.5 Å². The number of ether oxygens (including phenoxy) is 3. The van der Waals surface area contributed by atoms with Crippen molar-refractivity contribution < 1.29 is 33.4 Å². The molecule has 0 aliphatic carbocycles. The minimum atomic E-state index is -1.07. The SMILES string of the molecule is COC(=O)C(C=NC(=O)c1c(Cl)cc(N2CCOCC2)cc1Cl)CNC(=O)CNC(=O)OC(C)(C)C. The van der Waals surface area contributed by atoms with Crippen molar-refractivity contribution in [2.75, 3.05) is 51.4 Å². The molecular formula is C23H30Cl2N4O7. The van der Waals surface area contributed by atoms with Crippen molar-refractivity contribution in [3.8, 4) is 0 Å². The molecule has 1 aromatic rings. The molecule has 0 saturated carbocycles. The first-order chi connectivity index (χ1) is 16.9. The number of carbonyl (C=O) groups excluding carboxylic acids is 4. The van der Waals surface area contributed by atoms with Gasteiger partial charge in [-0.05, 0) is 32.9 Å². The van der Waals surface area contributed by atoms with E-state index in [9.17, 15) is 19.2 Å². The molecule has 1 saturated heterocycles. The number of aliphatic imine (C=N–C) groups is 1. The van der Waals surface area contributed by atoms with Crippen LogP contribution in [-0.2, 0) is 23.8 Å². The Labute approximate surface area is 219 Å². The molecule has 1 aliphatic heterocycles. The molecule has 2 rings (SSSR count). The molecular weight excluding hydrogens is 515 g/mol. The largest absolute Gasteiger partial charge is 0.468 e. The van der Waals surface area contributed by atoms with E-state index in [1.54, 1.807) is 32.9 Å². The Bertz CT molecular complexity index is 982. The van der Waals surface area contributed by atoms with E-state index in [0.717, 1.165) is 19.0 Å². The lowest BCUT2D eigenvalue weighted by atomic mass is 10.1. The Morgan fingerprint density at radius 1 is 1.14 bits per heavy atom. The topological polar surface area (TPSA) is 136 Å². The number of halogens is 2. The average Bonchev–Trinajstić information content (AvgIpc) is 2.81. The highest BCUT2D eigenvalue weighted by Gasteiger charge is 2.22. The molecule has 2 N–H and O–H groups in total. The van der Waals surface area contributed by atoms with Crippen LogP contribution in [0.2, 0.25) is 10.0 Å². The highest BCUT2D eigenvalue weighted by molar-refractivity contribution is 6.40. The predicted molar refractivity (Wildman–Crippen MR) is 135 cm³/mol. The van der Waals surface area contributed by atoms with Gasteiger partial charge in [0.2, 0.25) is 5.91 Å². The Kier molecular flexibility index (Phi) is 10.9. The first-order valence-corrected chi connectivity index (χ1v) is 11.9. The van der Waals surface area contributed by atoms with Gasteiger partial charge < -0.3 is 29.7 Å². The fourth-order valence-electron chi connectivity index (χ4n) is 3.09. The van der Waals surface area contributed by atoms with Crippen molar-refractivity contribution in [3.63, 3.8) is 0 Å². The molecule has 1 aromatic carbocycles. The van der Waals surface area contributed by atoms with E-state index in [1.165, 1.54) is 0 Å². The number of benzene rings is 1. The average molecular weight is 545 g/mol. The van der Waals surface area contributed by atoms with Crippen LogP contribution >= 0.6 is 23.2 Å². The Hall–Kier alpha value is -2.89. The summed E-state index contributed by atoms with van der Waals surface area (Å²) in [6.07, 6.45) is 0.292. The van der Waals surface area contributed by atoms with Gasteiger partial charge in [-0.2, -0.15) is 0 Å². The standard InChI is InChI=1S/C23H30Cl2N4O7/c1-23(2,3)36-22(33)28-13-18(30)26-11-14(21(32)34-4)12-27-20(31)19-16(24)9-15(10-17(19)25)29-5-7-35-8-6-29/h9-10,12,14H,5-8,11,13H2,1-4H3,(H,26,30)(H,28,33). The predicted octanol–water partition coefficient (Wildman–Crippen LogP) is 2.47. The molecule has 198 valence electrons. The van der Waals surface area contributed by atoms with Gasteiger partial charge in [0, 0.05) is 31.5 Å². The van der Waals surface area contributed by atoms with Crippen LogP contribution in [0.3, 0.4) is 0 Å². The zero-order chi connectivity index (χ0) is 26.9. The lowest BCUT2D eigenvalue weighted by Crippen LogP contribution is -2.42. The Morgan fingerprint density at radius 3 is 2.31 bits per heavy atom. The summed E-state index contributed by atoms with van der Waals surface area (Å²) in [7, 11) is 1.16. The van der Waals surface area contributed by atoms with Crippen molar-refractivity contribution in [2.45, 2.75) is 26.4 Å². The summed E-state index contributed by atoms with van der Waals surface area (Å²) < 4.78 is 15.1. The van der Waals surface area contributed by atoms with Gasteiger partial charge in [0.15, 0.2) is 0 Å². The second kappa shape index (κ2) is 13.4. The summed E-state index contributed by atoms with van der Waals surface area (Å²) in [6, 6.07) is 3.24. The fraction of sp³-hybridized carbons (Fsp3) is 0.522. The molecule has 13 heteroatoms. The summed E-state index contributed by atoms with van der Waals surface area (Å²) >= 11 is 12.7. The van der Waals surface area contributed by atoms with Gasteiger partial charge in [0.25, 0.3) is 5.91 Å². The highest BCUT2D eigenvalue weighted by Crippen LogP contribution is 2.32. The van der Waals surface area contributed by atoms with E-state index in [0.29, 0.717) is 26.3 Å². The van der Waals surface area contributed by atoms with Crippen LogP contribution in [0, 0.1) is 5.92 Å². The molecule has 0 bridgehead atoms. The third-order valence-electron chi connectivity index (χ3n) is 4.80. The summed E-state index contributed by atoms with van der Waals surface area (Å²) in [5.41, 5.74) is 0.0264. The van der Waals surface area contributed by atoms with Crippen LogP contribution in [0.25, 0.3) is 0 Å². The van der Waals surface area contributed by atoms with E-state index in [2.05, 4.69) is 15.6 Å². The first-order valence-electron chi connectivity index (χ1n) is 11.1. The van der Waals surface area contributed by atoms with Gasteiger partial charge in [-0.3, -0.25) is 14.4 Å². The minimum absolute atomic E-state index is 0.0131. The second-order valence-electron chi connectivity index (χ2n) is 8.76. The number of alkyl carbamates (subject to hydrolysis) is 1. The molecule has 36 heavy (non-hydrogen) atoms. The number of esters is 1. The third kappa shape index (κ3) is 9.29. The van der Waals surface area contributed by atoms with Crippen molar-refractivity contribution in [1.29, 1.82) is 0 Å². The normalized spacial score (nSPS) is 14.8. The number of rotatable bonds is 8. The molecule has 1 aliphatic rings. The first kappa shape index (κ1) is 29.3. The van der Waals surface area contributed by atoms with E-state index < -0.39 is 35.4 Å². The van der Waals surface area contributed by atoms with Crippen molar-refractivity contribution in [3.05, 3.63) is 27.7 Å². The Morgan fingerprint density at radius 2 is 1.75 bits per heavy atom. The van der Waals surface area contributed by atoms with E-state index in [1.807, 2.05) is 4.90 Å². The zero-order valence-corrected chi connectivity index (χ0v) is 22.1. The molecule has 0 radical (unpaired) electrons. The van der Waals surface area contributed by atoms with Gasteiger partial charge in [-0.1, -0.05) is 23.2 Å². The summed E-state index contributed by atoms with van der Waals surface area (Å²) in [5, 5.41) is 4.99. The number of carbonyl (C=O) groups is 4. The Balaban J connectivity index is 2.01. The van der Waals surface area contributed by atoms with Crippen molar-refractivity contribution in [1.82, 2.24) is 10.6 Å². The van der Waals surface area contributed by atoms with Gasteiger partial charge in [-0.15, -0.1) is 0 Å². The lowest BCUT2D eigenvalue weighted by Gasteiger charge is -2.29. The fourth-order valence-corrected chi connectivity index (χ4v) is 3.73. The quantitative estimate of drug-likeness (QED) is 0.376. The molecule has 1 fully saturated rings. The van der Waals surface area contributed by atoms with Gasteiger partial charge >= 0.3 is 12.1 Å². The number of amides is 3. The number of hydrogen-bond acceptors (Lipinski definition) is 8. The molecule has 1 atom stereocenters. The van der Waals surface area contributed by atoms with Gasteiger partial charge in [0.05, 0.1) is 42.5 Å². The van der Waals surface area contributed by atoms with Crippen LogP contribution < -0.4 is 15.5 Å². The minimum Gasteiger partial charge on any atom is -0.468 e. The van der Waals surface area contributed by atoms with E-state index in [-0.39, 0.29) is 28.7 Å². The zero-order valence-electron chi connectivity index (χ0n) is 20.6. The lowest BCUT2D eigenvalue weighted by molar-refractivity contribution is -0.142. The molecule has 3 amide bonds. The smallest absolute Gasteiger partial charge is 0.408 e. The number of morpholine rings is 1. The van der Waals surface area contributed by atoms with Gasteiger partial charge in [-0.25, -0.2) is 9.79 Å². The van der Waals surface area contributed by atoms with Crippen LogP contribution in [0.15, 0.2) is 17.1 Å². The van der Waals surface area contributed by atoms with Crippen molar-refractivity contribution >= 4 is 59.0 Å². The van der Waals surface area contributed by atoms with E-state index in [4.69, 9.17) is 37.4 Å². The molecule has 0 spiro atoms. The number of anilines is 1. The highest BCUT2D eigenvalue weighted by atomic mass is 35.5. The summed E-state index contributed by atoms with van der Waals surface area (Å²) in [4.78, 5) is 54.4. The van der Waals surface area contributed by atoms with E-state index >= 15 is 0 Å². The molecule has 1 heterocycles. The van der Waals surface area contributed by atoms with Crippen LogP contribution in [0.4, 0.5) is 10.5 Å². The third-order valence-corrected chi connectivity index (χ3v) is 5.40. The maximum atomic E-state index is 12.7. The second-order valence-corrected chi connectivity index (χ2v) is 9.57. The maximum Gasteiger partial charge on any atom is 0.408 e. The number of methoxy groups -OCH3 is 1. The molecule has 11 nitrogen and oxygen atoms in total. The molecule has 1 unspecified atom stereocenters. The van der Waals surface area contributed by atoms with Crippen LogP contribution in [-0.4, -0.2) is 82.2 Å². The maximum absolute atomic E-state index is 12.7.